The van der Waals surface area contributed by atoms with Crippen molar-refractivity contribution in [3.63, 3.8) is 0 Å². The van der Waals surface area contributed by atoms with Crippen LogP contribution in [0.25, 0.3) is 0 Å². The third kappa shape index (κ3) is 5.52. The molecule has 10 heteroatoms. The fourth-order valence-corrected chi connectivity index (χ4v) is 5.60. The summed E-state index contributed by atoms with van der Waals surface area (Å²) in [6.45, 7) is 5.47. The van der Waals surface area contributed by atoms with Gasteiger partial charge in [-0.1, -0.05) is 25.1 Å². The van der Waals surface area contributed by atoms with Crippen LogP contribution in [0.4, 0.5) is 9.80 Å². The molecule has 0 fully saturated rings. The van der Waals surface area contributed by atoms with Gasteiger partial charge >= 0.3 is 6.09 Å². The molecule has 3 aromatic rings. The van der Waals surface area contributed by atoms with E-state index >= 15 is 0 Å². The van der Waals surface area contributed by atoms with Crippen molar-refractivity contribution >= 4 is 28.3 Å². The number of nitriles is 1. The highest BCUT2D eigenvalue weighted by molar-refractivity contribution is 7.16. The third-order valence-electron chi connectivity index (χ3n) is 6.32. The number of anilines is 1. The van der Waals surface area contributed by atoms with E-state index in [0.717, 1.165) is 27.6 Å². The Kier molecular flexibility index (Phi) is 7.90. The van der Waals surface area contributed by atoms with E-state index in [0.29, 0.717) is 36.6 Å². The van der Waals surface area contributed by atoms with E-state index < -0.39 is 0 Å². The zero-order valence-corrected chi connectivity index (χ0v) is 21.4. The largest absolute Gasteiger partial charge is 0.496 e. The molecular weight excluding hydrogens is 478 g/mol. The Labute approximate surface area is 214 Å². The molecular formula is C26H29N5O4S. The maximum atomic E-state index is 12.8. The van der Waals surface area contributed by atoms with Gasteiger partial charge < -0.3 is 24.3 Å². The molecule has 1 aliphatic rings. The monoisotopic (exact) mass is 507 g/mol. The molecule has 2 aromatic heterocycles. The summed E-state index contributed by atoms with van der Waals surface area (Å²) in [5.41, 5.74) is 2.34. The molecule has 0 spiro atoms. The van der Waals surface area contributed by atoms with Gasteiger partial charge in [0.15, 0.2) is 0 Å². The lowest BCUT2D eigenvalue weighted by Crippen LogP contribution is -2.36. The zero-order chi connectivity index (χ0) is 25.7. The maximum absolute atomic E-state index is 12.8. The number of aryl methyl sites for hydroxylation is 1. The minimum atomic E-state index is -0.387. The summed E-state index contributed by atoms with van der Waals surface area (Å²) in [6.07, 6.45) is 3.96. The predicted molar refractivity (Wildman–Crippen MR) is 136 cm³/mol. The molecule has 1 atom stereocenters. The minimum absolute atomic E-state index is 0.0577. The van der Waals surface area contributed by atoms with Gasteiger partial charge in [0.1, 0.15) is 29.3 Å². The summed E-state index contributed by atoms with van der Waals surface area (Å²) < 4.78 is 12.8. The van der Waals surface area contributed by atoms with Gasteiger partial charge in [0.2, 0.25) is 5.91 Å². The minimum Gasteiger partial charge on any atom is -0.496 e. The van der Waals surface area contributed by atoms with E-state index in [1.54, 1.807) is 18.2 Å². The standard InChI is InChI=1S/C26H29N5O4S/c1-17(19-6-4-5-7-22(19)34-3)14-24(32)29-25-21(15-27)20-8-10-31(16-23(20)36-25)26(33)35-13-12-30-11-9-28-18(30)2/h4-7,9,11,17H,8,10,12-14,16H2,1-3H3,(H,29,32)/t17-/m0/s1. The second-order valence-electron chi connectivity index (χ2n) is 8.67. The molecule has 1 N–H and O–H groups in total. The van der Waals surface area contributed by atoms with Gasteiger partial charge in [0, 0.05) is 30.2 Å². The topological polar surface area (TPSA) is 109 Å². The van der Waals surface area contributed by atoms with Crippen molar-refractivity contribution in [1.29, 1.82) is 5.26 Å². The molecule has 0 unspecified atom stereocenters. The van der Waals surface area contributed by atoms with Gasteiger partial charge in [-0.2, -0.15) is 5.26 Å². The van der Waals surface area contributed by atoms with Crippen molar-refractivity contribution < 1.29 is 19.1 Å². The van der Waals surface area contributed by atoms with Crippen molar-refractivity contribution in [2.45, 2.75) is 45.7 Å². The average Bonchev–Trinajstić information content (AvgIpc) is 3.45. The number of ether oxygens (including phenoxy) is 2. The summed E-state index contributed by atoms with van der Waals surface area (Å²) in [7, 11) is 1.61. The Morgan fingerprint density at radius 2 is 2.14 bits per heavy atom. The third-order valence-corrected chi connectivity index (χ3v) is 7.45. The van der Waals surface area contributed by atoms with Crippen molar-refractivity contribution in [1.82, 2.24) is 14.5 Å². The van der Waals surface area contributed by atoms with Crippen LogP contribution in [0.3, 0.4) is 0 Å². The smallest absolute Gasteiger partial charge is 0.410 e. The van der Waals surface area contributed by atoms with E-state index in [4.69, 9.17) is 9.47 Å². The summed E-state index contributed by atoms with van der Waals surface area (Å²) in [4.78, 5) is 32.1. The molecule has 0 bridgehead atoms. The lowest BCUT2D eigenvalue weighted by molar-refractivity contribution is -0.116. The van der Waals surface area contributed by atoms with E-state index in [9.17, 15) is 14.9 Å². The van der Waals surface area contributed by atoms with E-state index in [1.165, 1.54) is 11.3 Å². The number of nitrogens with one attached hydrogen (secondary N) is 1. The quantitative estimate of drug-likeness (QED) is 0.482. The van der Waals surface area contributed by atoms with Crippen LogP contribution in [0.2, 0.25) is 0 Å². The molecule has 9 nitrogen and oxygen atoms in total. The number of carbonyl (C=O) groups is 2. The molecule has 4 rings (SSSR count). The fourth-order valence-electron chi connectivity index (χ4n) is 4.37. The second kappa shape index (κ2) is 11.3. The molecule has 36 heavy (non-hydrogen) atoms. The fraction of sp³-hybridized carbons (Fsp3) is 0.385. The molecule has 188 valence electrons. The molecule has 2 amide bonds. The summed E-state index contributed by atoms with van der Waals surface area (Å²) in [6, 6.07) is 9.88. The van der Waals surface area contributed by atoms with Gasteiger partial charge in [-0.3, -0.25) is 4.79 Å². The first-order chi connectivity index (χ1) is 17.4. The molecule has 0 saturated carbocycles. The maximum Gasteiger partial charge on any atom is 0.410 e. The van der Waals surface area contributed by atoms with E-state index in [1.807, 2.05) is 48.9 Å². The summed E-state index contributed by atoms with van der Waals surface area (Å²) in [5, 5.41) is 13.2. The van der Waals surface area contributed by atoms with Crippen LogP contribution in [0.15, 0.2) is 36.7 Å². The van der Waals surface area contributed by atoms with Crippen LogP contribution in [0.1, 0.15) is 46.7 Å². The lowest BCUT2D eigenvalue weighted by atomic mass is 9.96. The van der Waals surface area contributed by atoms with E-state index in [-0.39, 0.29) is 30.9 Å². The number of fused-ring (bicyclic) bond motifs is 1. The highest BCUT2D eigenvalue weighted by Gasteiger charge is 2.28. The number of hydrogen-bond acceptors (Lipinski definition) is 7. The Morgan fingerprint density at radius 3 is 2.86 bits per heavy atom. The van der Waals surface area contributed by atoms with Gasteiger partial charge in [-0.05, 0) is 36.5 Å². The zero-order valence-electron chi connectivity index (χ0n) is 20.6. The second-order valence-corrected chi connectivity index (χ2v) is 9.77. The molecule has 1 aromatic carbocycles. The molecule has 0 radical (unpaired) electrons. The first kappa shape index (κ1) is 25.3. The Bertz CT molecular complexity index is 1290. The Balaban J connectivity index is 1.37. The number of amides is 2. The average molecular weight is 508 g/mol. The number of nitrogens with zero attached hydrogens (tertiary/aromatic N) is 4. The van der Waals surface area contributed by atoms with E-state index in [2.05, 4.69) is 16.4 Å². The van der Waals surface area contributed by atoms with Crippen molar-refractivity contribution in [2.75, 3.05) is 25.6 Å². The first-order valence-electron chi connectivity index (χ1n) is 11.8. The SMILES string of the molecule is COc1ccccc1[C@@H](C)CC(=O)Nc1sc2c(c1C#N)CCN(C(=O)OCCn1ccnc1C)C2. The van der Waals surface area contributed by atoms with Crippen LogP contribution < -0.4 is 10.1 Å². The summed E-state index contributed by atoms with van der Waals surface area (Å²) >= 11 is 1.35. The Hall–Kier alpha value is -3.84. The number of methoxy groups -OCH3 is 1. The number of thiophene rings is 1. The number of hydrogen-bond donors (Lipinski definition) is 1. The number of imidazole rings is 1. The summed E-state index contributed by atoms with van der Waals surface area (Å²) in [5.74, 6) is 1.38. The van der Waals surface area contributed by atoms with Gasteiger partial charge in [-0.25, -0.2) is 9.78 Å². The van der Waals surface area contributed by atoms with Gasteiger partial charge in [0.05, 0.1) is 25.8 Å². The highest BCUT2D eigenvalue weighted by atomic mass is 32.1. The number of benzene rings is 1. The number of carbonyl (C=O) groups excluding carboxylic acids is 2. The predicted octanol–water partition coefficient (Wildman–Crippen LogP) is 4.46. The van der Waals surface area contributed by atoms with Crippen LogP contribution in [0.5, 0.6) is 5.75 Å². The van der Waals surface area contributed by atoms with Crippen LogP contribution in [-0.4, -0.2) is 46.7 Å². The van der Waals surface area contributed by atoms with Crippen molar-refractivity contribution in [2.24, 2.45) is 0 Å². The number of para-hydroxylation sites is 1. The van der Waals surface area contributed by atoms with Crippen LogP contribution in [0, 0.1) is 18.3 Å². The van der Waals surface area contributed by atoms with Crippen LogP contribution >= 0.6 is 11.3 Å². The van der Waals surface area contributed by atoms with Crippen molar-refractivity contribution in [3.05, 3.63) is 64.1 Å². The normalized spacial score (nSPS) is 13.4. The molecule has 1 aliphatic heterocycles. The van der Waals surface area contributed by atoms with Gasteiger partial charge in [-0.15, -0.1) is 11.3 Å². The highest BCUT2D eigenvalue weighted by Crippen LogP contribution is 2.37. The number of rotatable bonds is 8. The van der Waals surface area contributed by atoms with Crippen molar-refractivity contribution in [3.8, 4) is 11.8 Å². The lowest BCUT2D eigenvalue weighted by Gasteiger charge is -2.26. The first-order valence-corrected chi connectivity index (χ1v) is 12.6. The molecule has 3 heterocycles. The Morgan fingerprint density at radius 1 is 1.33 bits per heavy atom. The number of aromatic nitrogens is 2. The molecule has 0 saturated heterocycles. The molecule has 0 aliphatic carbocycles. The van der Waals surface area contributed by atoms with Gasteiger partial charge in [0.25, 0.3) is 0 Å². The van der Waals surface area contributed by atoms with Crippen LogP contribution in [-0.2, 0) is 29.0 Å².